The minimum atomic E-state index is 0.569. The molecule has 1 aromatic carbocycles. The molecule has 0 atom stereocenters. The van der Waals surface area contributed by atoms with Gasteiger partial charge in [0.15, 0.2) is 0 Å². The predicted octanol–water partition coefficient (Wildman–Crippen LogP) is 2.15. The minimum Gasteiger partial charge on any atom is -0.492 e. The average molecular weight is 229 g/mol. The molecule has 4 heteroatoms. The molecular formula is C13H15N3O. The van der Waals surface area contributed by atoms with Gasteiger partial charge in [-0.3, -0.25) is 0 Å². The second-order valence-corrected chi connectivity index (χ2v) is 3.56. The smallest absolute Gasteiger partial charge is 0.125 e. The zero-order valence-corrected chi connectivity index (χ0v) is 9.47. The van der Waals surface area contributed by atoms with E-state index in [1.807, 2.05) is 36.4 Å². The van der Waals surface area contributed by atoms with E-state index in [1.54, 1.807) is 12.3 Å². The number of pyridine rings is 1. The molecule has 0 saturated heterocycles. The second-order valence-electron chi connectivity index (χ2n) is 3.56. The molecule has 0 aliphatic rings. The van der Waals surface area contributed by atoms with Gasteiger partial charge in [-0.15, -0.1) is 0 Å². The summed E-state index contributed by atoms with van der Waals surface area (Å²) in [5.41, 5.74) is 6.36. The fourth-order valence-electron chi connectivity index (χ4n) is 1.42. The predicted molar refractivity (Wildman–Crippen MR) is 69.1 cm³/mol. The first-order valence-electron chi connectivity index (χ1n) is 5.48. The molecule has 2 rings (SSSR count). The number of aromatic nitrogens is 1. The Morgan fingerprint density at radius 2 is 2.12 bits per heavy atom. The van der Waals surface area contributed by atoms with Crippen molar-refractivity contribution in [1.29, 1.82) is 0 Å². The SMILES string of the molecule is Nc1cccc(OCCNc2ccccn2)c1. The zero-order chi connectivity index (χ0) is 11.9. The van der Waals surface area contributed by atoms with Gasteiger partial charge in [0, 0.05) is 18.0 Å². The van der Waals surface area contributed by atoms with Crippen molar-refractivity contribution >= 4 is 11.5 Å². The van der Waals surface area contributed by atoms with E-state index < -0.39 is 0 Å². The Hall–Kier alpha value is -2.23. The van der Waals surface area contributed by atoms with Crippen LogP contribution in [0.2, 0.25) is 0 Å². The number of nitrogens with zero attached hydrogens (tertiary/aromatic N) is 1. The van der Waals surface area contributed by atoms with Crippen LogP contribution in [0.5, 0.6) is 5.75 Å². The van der Waals surface area contributed by atoms with Crippen LogP contribution >= 0.6 is 0 Å². The second kappa shape index (κ2) is 5.75. The number of nitrogen functional groups attached to an aromatic ring is 1. The Kier molecular flexibility index (Phi) is 3.81. The van der Waals surface area contributed by atoms with Crippen molar-refractivity contribution in [3.8, 4) is 5.75 Å². The molecule has 4 nitrogen and oxygen atoms in total. The molecule has 88 valence electrons. The maximum absolute atomic E-state index is 5.65. The molecule has 17 heavy (non-hydrogen) atoms. The van der Waals surface area contributed by atoms with Crippen LogP contribution < -0.4 is 15.8 Å². The van der Waals surface area contributed by atoms with Crippen LogP contribution in [0.1, 0.15) is 0 Å². The van der Waals surface area contributed by atoms with Crippen molar-refractivity contribution in [2.45, 2.75) is 0 Å². The maximum Gasteiger partial charge on any atom is 0.125 e. The summed E-state index contributed by atoms with van der Waals surface area (Å²) >= 11 is 0. The van der Waals surface area contributed by atoms with Crippen LogP contribution in [0, 0.1) is 0 Å². The number of nitrogens with two attached hydrogens (primary N) is 1. The monoisotopic (exact) mass is 229 g/mol. The zero-order valence-electron chi connectivity index (χ0n) is 9.47. The van der Waals surface area contributed by atoms with Crippen LogP contribution in [-0.4, -0.2) is 18.1 Å². The summed E-state index contributed by atoms with van der Waals surface area (Å²) in [5.74, 6) is 1.64. The number of benzene rings is 1. The largest absolute Gasteiger partial charge is 0.492 e. The molecule has 0 bridgehead atoms. The van der Waals surface area contributed by atoms with Crippen LogP contribution in [0.3, 0.4) is 0 Å². The first-order chi connectivity index (χ1) is 8.34. The van der Waals surface area contributed by atoms with Crippen molar-refractivity contribution < 1.29 is 4.74 Å². The summed E-state index contributed by atoms with van der Waals surface area (Å²) in [6.07, 6.45) is 1.75. The summed E-state index contributed by atoms with van der Waals surface area (Å²) in [7, 11) is 0. The van der Waals surface area contributed by atoms with Gasteiger partial charge < -0.3 is 15.8 Å². The van der Waals surface area contributed by atoms with E-state index in [4.69, 9.17) is 10.5 Å². The van der Waals surface area contributed by atoms with E-state index in [1.165, 1.54) is 0 Å². The van der Waals surface area contributed by atoms with Crippen molar-refractivity contribution in [2.24, 2.45) is 0 Å². The fourth-order valence-corrected chi connectivity index (χ4v) is 1.42. The number of anilines is 2. The standard InChI is InChI=1S/C13H15N3O/c14-11-4-3-5-12(10-11)17-9-8-16-13-6-1-2-7-15-13/h1-7,10H,8-9,14H2,(H,15,16). The molecule has 0 fully saturated rings. The fraction of sp³-hybridized carbons (Fsp3) is 0.154. The summed E-state index contributed by atoms with van der Waals surface area (Å²) < 4.78 is 5.54. The summed E-state index contributed by atoms with van der Waals surface area (Å²) in [5, 5.41) is 3.16. The van der Waals surface area contributed by atoms with E-state index in [2.05, 4.69) is 10.3 Å². The van der Waals surface area contributed by atoms with Gasteiger partial charge in [0.05, 0.1) is 6.54 Å². The van der Waals surface area contributed by atoms with Gasteiger partial charge in [0.1, 0.15) is 18.2 Å². The summed E-state index contributed by atoms with van der Waals surface area (Å²) in [6, 6.07) is 13.1. The van der Waals surface area contributed by atoms with Gasteiger partial charge in [-0.25, -0.2) is 4.98 Å². The van der Waals surface area contributed by atoms with Crippen molar-refractivity contribution in [3.05, 3.63) is 48.7 Å². The number of nitrogens with one attached hydrogen (secondary N) is 1. The normalized spacial score (nSPS) is 9.88. The van der Waals surface area contributed by atoms with E-state index in [0.717, 1.165) is 11.6 Å². The van der Waals surface area contributed by atoms with E-state index in [0.29, 0.717) is 18.8 Å². The topological polar surface area (TPSA) is 60.2 Å². The summed E-state index contributed by atoms with van der Waals surface area (Å²) in [4.78, 5) is 4.15. The summed E-state index contributed by atoms with van der Waals surface area (Å²) in [6.45, 7) is 1.27. The molecule has 0 unspecified atom stereocenters. The molecular weight excluding hydrogens is 214 g/mol. The van der Waals surface area contributed by atoms with E-state index in [-0.39, 0.29) is 0 Å². The first-order valence-corrected chi connectivity index (χ1v) is 5.48. The Bertz CT molecular complexity index is 459. The first kappa shape index (κ1) is 11.3. The highest BCUT2D eigenvalue weighted by Crippen LogP contribution is 2.14. The highest BCUT2D eigenvalue weighted by atomic mass is 16.5. The van der Waals surface area contributed by atoms with Crippen molar-refractivity contribution in [2.75, 3.05) is 24.2 Å². The third-order valence-corrected chi connectivity index (χ3v) is 2.20. The lowest BCUT2D eigenvalue weighted by Crippen LogP contribution is -2.12. The Morgan fingerprint density at radius 3 is 2.88 bits per heavy atom. The third kappa shape index (κ3) is 3.68. The van der Waals surface area contributed by atoms with Crippen LogP contribution in [0.4, 0.5) is 11.5 Å². The number of hydrogen-bond acceptors (Lipinski definition) is 4. The van der Waals surface area contributed by atoms with Crippen molar-refractivity contribution in [3.63, 3.8) is 0 Å². The molecule has 0 saturated carbocycles. The third-order valence-electron chi connectivity index (χ3n) is 2.20. The quantitative estimate of drug-likeness (QED) is 0.609. The minimum absolute atomic E-state index is 0.569. The molecule has 0 aliphatic carbocycles. The lowest BCUT2D eigenvalue weighted by atomic mass is 10.3. The van der Waals surface area contributed by atoms with Crippen LogP contribution in [-0.2, 0) is 0 Å². The lowest BCUT2D eigenvalue weighted by molar-refractivity contribution is 0.333. The molecule has 3 N–H and O–H groups in total. The molecule has 2 aromatic rings. The Balaban J connectivity index is 1.73. The molecule has 0 radical (unpaired) electrons. The molecule has 1 aromatic heterocycles. The number of rotatable bonds is 5. The average Bonchev–Trinajstić information content (AvgIpc) is 2.36. The molecule has 0 aliphatic heterocycles. The molecule has 1 heterocycles. The number of ether oxygens (including phenoxy) is 1. The van der Waals surface area contributed by atoms with Crippen LogP contribution in [0.15, 0.2) is 48.7 Å². The van der Waals surface area contributed by atoms with Crippen molar-refractivity contribution in [1.82, 2.24) is 4.98 Å². The van der Waals surface area contributed by atoms with Gasteiger partial charge in [-0.1, -0.05) is 12.1 Å². The van der Waals surface area contributed by atoms with Crippen LogP contribution in [0.25, 0.3) is 0 Å². The van der Waals surface area contributed by atoms with E-state index >= 15 is 0 Å². The Morgan fingerprint density at radius 1 is 1.18 bits per heavy atom. The lowest BCUT2D eigenvalue weighted by Gasteiger charge is -2.08. The van der Waals surface area contributed by atoms with Gasteiger partial charge in [0.25, 0.3) is 0 Å². The number of hydrogen-bond donors (Lipinski definition) is 2. The molecule has 0 spiro atoms. The highest BCUT2D eigenvalue weighted by Gasteiger charge is 1.94. The van der Waals surface area contributed by atoms with Gasteiger partial charge in [-0.2, -0.15) is 0 Å². The van der Waals surface area contributed by atoms with Gasteiger partial charge in [0.2, 0.25) is 0 Å². The van der Waals surface area contributed by atoms with E-state index in [9.17, 15) is 0 Å². The van der Waals surface area contributed by atoms with Gasteiger partial charge in [-0.05, 0) is 24.3 Å². The Labute approximate surface area is 100 Å². The highest BCUT2D eigenvalue weighted by molar-refractivity contribution is 5.43. The molecule has 0 amide bonds. The maximum atomic E-state index is 5.65. The van der Waals surface area contributed by atoms with Gasteiger partial charge >= 0.3 is 0 Å².